The maximum Gasteiger partial charge on any atom is 0.337 e. The van der Waals surface area contributed by atoms with Gasteiger partial charge >= 0.3 is 11.9 Å². The van der Waals surface area contributed by atoms with Gasteiger partial charge in [-0.2, -0.15) is 0 Å². The Balaban J connectivity index is 0.000000156. The number of carboxylic acids is 1. The van der Waals surface area contributed by atoms with Gasteiger partial charge in [-0.15, -0.1) is 0 Å². The van der Waals surface area contributed by atoms with Crippen LogP contribution in [0.5, 0.6) is 0 Å². The van der Waals surface area contributed by atoms with Crippen LogP contribution < -0.4 is 10.6 Å². The Hall–Kier alpha value is -3.02. The molecule has 4 rings (SSSR count). The highest BCUT2D eigenvalue weighted by molar-refractivity contribution is 5.90. The number of carboxylic acid groups (broad SMARTS) is 1. The molecule has 0 aromatic heterocycles. The number of methoxy groups -OCH3 is 1. The molecule has 0 spiro atoms. The van der Waals surface area contributed by atoms with E-state index in [0.717, 1.165) is 55.7 Å². The first-order valence-corrected chi connectivity index (χ1v) is 9.13. The number of fused-ring (bicyclic) bond motifs is 2. The molecule has 2 aromatic rings. The van der Waals surface area contributed by atoms with E-state index in [2.05, 4.69) is 15.4 Å². The molecule has 2 heterocycles. The van der Waals surface area contributed by atoms with Crippen molar-refractivity contribution in [1.29, 1.82) is 0 Å². The van der Waals surface area contributed by atoms with Crippen molar-refractivity contribution < 1.29 is 19.4 Å². The molecular formula is C21H24N2O4. The van der Waals surface area contributed by atoms with Crippen molar-refractivity contribution in [2.75, 3.05) is 30.8 Å². The van der Waals surface area contributed by atoms with Gasteiger partial charge in [0.2, 0.25) is 0 Å². The lowest BCUT2D eigenvalue weighted by Gasteiger charge is -2.18. The number of hydrogen-bond donors (Lipinski definition) is 3. The van der Waals surface area contributed by atoms with Crippen molar-refractivity contribution >= 4 is 23.3 Å². The molecule has 142 valence electrons. The molecule has 27 heavy (non-hydrogen) atoms. The van der Waals surface area contributed by atoms with Crippen molar-refractivity contribution in [3.8, 4) is 0 Å². The van der Waals surface area contributed by atoms with Crippen LogP contribution in [-0.4, -0.2) is 37.2 Å². The topological polar surface area (TPSA) is 87.7 Å². The normalized spacial score (nSPS) is 14.3. The molecule has 2 aromatic carbocycles. The number of carbonyl (C=O) groups is 2. The predicted molar refractivity (Wildman–Crippen MR) is 105 cm³/mol. The zero-order valence-electron chi connectivity index (χ0n) is 15.4. The molecule has 2 aliphatic heterocycles. The van der Waals surface area contributed by atoms with Gasteiger partial charge in [-0.3, -0.25) is 0 Å². The highest BCUT2D eigenvalue weighted by Gasteiger charge is 2.12. The van der Waals surface area contributed by atoms with Crippen LogP contribution >= 0.6 is 0 Å². The number of nitrogens with one attached hydrogen (secondary N) is 2. The summed E-state index contributed by atoms with van der Waals surface area (Å²) in [4.78, 5) is 21.9. The molecule has 2 aliphatic rings. The molecule has 3 N–H and O–H groups in total. The third-order valence-corrected chi connectivity index (χ3v) is 4.76. The quantitative estimate of drug-likeness (QED) is 0.703. The molecule has 0 radical (unpaired) electrons. The van der Waals surface area contributed by atoms with Crippen LogP contribution in [0.3, 0.4) is 0 Å². The van der Waals surface area contributed by atoms with Crippen molar-refractivity contribution in [1.82, 2.24) is 0 Å². The third-order valence-electron chi connectivity index (χ3n) is 4.76. The minimum atomic E-state index is -0.853. The first kappa shape index (κ1) is 18.8. The Bertz CT molecular complexity index is 848. The van der Waals surface area contributed by atoms with Crippen LogP contribution in [0.15, 0.2) is 36.4 Å². The molecule has 6 nitrogen and oxygen atoms in total. The second-order valence-electron chi connectivity index (χ2n) is 6.60. The van der Waals surface area contributed by atoms with E-state index >= 15 is 0 Å². The molecule has 0 fully saturated rings. The van der Waals surface area contributed by atoms with Gasteiger partial charge in [0.1, 0.15) is 0 Å². The van der Waals surface area contributed by atoms with Crippen LogP contribution in [0, 0.1) is 0 Å². The smallest absolute Gasteiger partial charge is 0.337 e. The van der Waals surface area contributed by atoms with Crippen molar-refractivity contribution in [3.05, 3.63) is 58.7 Å². The second kappa shape index (κ2) is 8.58. The number of esters is 1. The number of carbonyl (C=O) groups excluding carboxylic acids is 1. The summed E-state index contributed by atoms with van der Waals surface area (Å²) in [5.74, 6) is -1.12. The summed E-state index contributed by atoms with van der Waals surface area (Å²) in [5.41, 5.74) is 5.56. The summed E-state index contributed by atoms with van der Waals surface area (Å²) < 4.78 is 4.67. The minimum Gasteiger partial charge on any atom is -0.478 e. The third kappa shape index (κ3) is 4.58. The first-order valence-electron chi connectivity index (χ1n) is 9.13. The Morgan fingerprint density at radius 1 is 0.889 bits per heavy atom. The van der Waals surface area contributed by atoms with Gasteiger partial charge in [-0.1, -0.05) is 0 Å². The van der Waals surface area contributed by atoms with Crippen molar-refractivity contribution in [2.24, 2.45) is 0 Å². The van der Waals surface area contributed by atoms with Crippen molar-refractivity contribution in [3.63, 3.8) is 0 Å². The largest absolute Gasteiger partial charge is 0.478 e. The summed E-state index contributed by atoms with van der Waals surface area (Å²) in [6.45, 7) is 2.00. The average Bonchev–Trinajstić information content (AvgIpc) is 2.72. The Kier molecular flexibility index (Phi) is 5.96. The summed E-state index contributed by atoms with van der Waals surface area (Å²) in [6.07, 6.45) is 4.21. The van der Waals surface area contributed by atoms with Crippen LogP contribution in [-0.2, 0) is 17.6 Å². The average molecular weight is 368 g/mol. The monoisotopic (exact) mass is 368 g/mol. The van der Waals surface area contributed by atoms with E-state index in [0.29, 0.717) is 11.1 Å². The summed E-state index contributed by atoms with van der Waals surface area (Å²) in [7, 11) is 1.40. The highest BCUT2D eigenvalue weighted by Crippen LogP contribution is 2.23. The number of anilines is 2. The minimum absolute atomic E-state index is 0.265. The van der Waals surface area contributed by atoms with E-state index in [4.69, 9.17) is 5.11 Å². The van der Waals surface area contributed by atoms with Gasteiger partial charge in [0, 0.05) is 24.5 Å². The molecule has 6 heteroatoms. The zero-order valence-corrected chi connectivity index (χ0v) is 15.4. The summed E-state index contributed by atoms with van der Waals surface area (Å²) >= 11 is 0. The van der Waals surface area contributed by atoms with Gasteiger partial charge in [-0.25, -0.2) is 9.59 Å². The Morgan fingerprint density at radius 3 is 1.93 bits per heavy atom. The summed E-state index contributed by atoms with van der Waals surface area (Å²) in [6, 6.07) is 10.9. The standard InChI is InChI=1S/C11H13NO2.C10H11NO2/c1-14-11(13)9-4-5-10-8(7-9)3-2-6-12-10;12-10(13)8-3-4-9-7(6-8)2-1-5-11-9/h4-5,7,12H,2-3,6H2,1H3;3-4,6,11H,1-2,5H2,(H,12,13). The zero-order chi connectivity index (χ0) is 19.2. The lowest BCUT2D eigenvalue weighted by molar-refractivity contribution is 0.0599. The van der Waals surface area contributed by atoms with Gasteiger partial charge in [0.25, 0.3) is 0 Å². The fourth-order valence-corrected chi connectivity index (χ4v) is 3.33. The first-order chi connectivity index (χ1) is 13.1. The fourth-order valence-electron chi connectivity index (χ4n) is 3.33. The van der Waals surface area contributed by atoms with E-state index in [1.807, 2.05) is 18.2 Å². The molecule has 0 bridgehead atoms. The van der Waals surface area contributed by atoms with E-state index in [1.165, 1.54) is 12.7 Å². The number of ether oxygens (including phenoxy) is 1. The Labute approximate surface area is 158 Å². The number of rotatable bonds is 2. The molecule has 0 atom stereocenters. The Morgan fingerprint density at radius 2 is 1.41 bits per heavy atom. The molecule has 0 unspecified atom stereocenters. The second-order valence-corrected chi connectivity index (χ2v) is 6.60. The number of aryl methyl sites for hydroxylation is 2. The van der Waals surface area contributed by atoms with E-state index in [1.54, 1.807) is 18.2 Å². The number of hydrogen-bond acceptors (Lipinski definition) is 5. The number of aromatic carboxylic acids is 1. The van der Waals surface area contributed by atoms with Gasteiger partial charge in [-0.05, 0) is 73.2 Å². The fraction of sp³-hybridized carbons (Fsp3) is 0.333. The van der Waals surface area contributed by atoms with Gasteiger partial charge in [0.05, 0.1) is 18.2 Å². The summed E-state index contributed by atoms with van der Waals surface area (Å²) in [5, 5.41) is 15.3. The van der Waals surface area contributed by atoms with Crippen LogP contribution in [0.25, 0.3) is 0 Å². The number of benzene rings is 2. The molecule has 0 saturated heterocycles. The SMILES string of the molecule is COC(=O)c1ccc2c(c1)CCCN2.O=C(O)c1ccc2c(c1)CCCN2. The molecule has 0 saturated carbocycles. The maximum atomic E-state index is 11.3. The lowest BCUT2D eigenvalue weighted by Crippen LogP contribution is -2.12. The van der Waals surface area contributed by atoms with Crippen molar-refractivity contribution in [2.45, 2.75) is 25.7 Å². The van der Waals surface area contributed by atoms with Crippen LogP contribution in [0.4, 0.5) is 11.4 Å². The van der Waals surface area contributed by atoms with E-state index in [9.17, 15) is 9.59 Å². The van der Waals surface area contributed by atoms with Gasteiger partial charge < -0.3 is 20.5 Å². The van der Waals surface area contributed by atoms with Crippen LogP contribution in [0.1, 0.15) is 44.7 Å². The highest BCUT2D eigenvalue weighted by atomic mass is 16.5. The molecule has 0 aliphatic carbocycles. The predicted octanol–water partition coefficient (Wildman–Crippen LogP) is 3.57. The molecule has 0 amide bonds. The lowest BCUT2D eigenvalue weighted by atomic mass is 10.0. The van der Waals surface area contributed by atoms with Gasteiger partial charge in [0.15, 0.2) is 0 Å². The molecular weight excluding hydrogens is 344 g/mol. The maximum absolute atomic E-state index is 11.3. The van der Waals surface area contributed by atoms with E-state index < -0.39 is 5.97 Å². The van der Waals surface area contributed by atoms with Crippen LogP contribution in [0.2, 0.25) is 0 Å². The van der Waals surface area contributed by atoms with E-state index in [-0.39, 0.29) is 5.97 Å².